The first kappa shape index (κ1) is 17.6. The van der Waals surface area contributed by atoms with Crippen molar-refractivity contribution in [1.29, 1.82) is 0 Å². The van der Waals surface area contributed by atoms with Crippen LogP contribution < -0.4 is 10.2 Å². The molecular formula is C17H17N5O3S. The van der Waals surface area contributed by atoms with Gasteiger partial charge in [0.15, 0.2) is 6.61 Å². The van der Waals surface area contributed by atoms with Gasteiger partial charge in [-0.05, 0) is 55.9 Å². The minimum atomic E-state index is -0.546. The van der Waals surface area contributed by atoms with E-state index >= 15 is 0 Å². The van der Waals surface area contributed by atoms with Gasteiger partial charge in [0.25, 0.3) is 0 Å². The van der Waals surface area contributed by atoms with Crippen molar-refractivity contribution < 1.29 is 14.4 Å². The third-order valence-electron chi connectivity index (χ3n) is 3.53. The van der Waals surface area contributed by atoms with Crippen LogP contribution in [-0.2, 0) is 9.63 Å². The van der Waals surface area contributed by atoms with Crippen LogP contribution in [0.4, 0.5) is 5.69 Å². The largest absolute Gasteiger partial charge is 0.482 e. The van der Waals surface area contributed by atoms with Crippen molar-refractivity contribution >= 4 is 23.9 Å². The minimum Gasteiger partial charge on any atom is -0.482 e. The molecule has 2 N–H and O–H groups in total. The number of aromatic nitrogens is 4. The molecule has 0 unspecified atom stereocenters. The molecule has 0 radical (unpaired) electrons. The molecule has 3 aromatic rings. The second-order valence-corrected chi connectivity index (χ2v) is 5.97. The molecule has 1 aromatic heterocycles. The lowest BCUT2D eigenvalue weighted by Crippen LogP contribution is -2.18. The molecule has 0 saturated carbocycles. The molecule has 0 aliphatic rings. The number of rotatable bonds is 6. The summed E-state index contributed by atoms with van der Waals surface area (Å²) in [6.45, 7) is 3.72. The molecule has 0 amide bonds. The first-order chi connectivity index (χ1) is 12.5. The van der Waals surface area contributed by atoms with Crippen LogP contribution in [0.1, 0.15) is 11.1 Å². The van der Waals surface area contributed by atoms with E-state index in [1.54, 1.807) is 18.2 Å². The average molecular weight is 371 g/mol. The number of anilines is 1. The summed E-state index contributed by atoms with van der Waals surface area (Å²) in [6, 6.07) is 12.8. The Kier molecular flexibility index (Phi) is 5.28. The van der Waals surface area contributed by atoms with Gasteiger partial charge in [-0.1, -0.05) is 34.1 Å². The highest BCUT2D eigenvalue weighted by atomic mass is 32.1. The maximum Gasteiger partial charge on any atom is 0.369 e. The first-order valence-corrected chi connectivity index (χ1v) is 8.20. The van der Waals surface area contributed by atoms with E-state index in [0.29, 0.717) is 21.9 Å². The summed E-state index contributed by atoms with van der Waals surface area (Å²) in [4.78, 5) is 16.9. The molecular weight excluding hydrogens is 354 g/mol. The fourth-order valence-electron chi connectivity index (χ4n) is 2.32. The predicted octanol–water partition coefficient (Wildman–Crippen LogP) is 2.89. The van der Waals surface area contributed by atoms with E-state index < -0.39 is 5.97 Å². The fraction of sp³-hybridized carbons (Fsp3) is 0.176. The number of H-pyrrole nitrogens is 1. The summed E-state index contributed by atoms with van der Waals surface area (Å²) in [5.41, 5.74) is 5.96. The minimum absolute atomic E-state index is 0.202. The average Bonchev–Trinajstić information content (AvgIpc) is 3.05. The Morgan fingerprint density at radius 1 is 1.27 bits per heavy atom. The van der Waals surface area contributed by atoms with E-state index in [9.17, 15) is 4.79 Å². The summed E-state index contributed by atoms with van der Waals surface area (Å²) >= 11 is 5.05. The van der Waals surface area contributed by atoms with Gasteiger partial charge < -0.3 is 9.57 Å². The highest BCUT2D eigenvalue weighted by Crippen LogP contribution is 2.18. The molecule has 8 nitrogen and oxygen atoms in total. The molecule has 0 aliphatic heterocycles. The van der Waals surface area contributed by atoms with Crippen LogP contribution in [0.15, 0.2) is 42.5 Å². The maximum absolute atomic E-state index is 11.9. The third kappa shape index (κ3) is 4.25. The van der Waals surface area contributed by atoms with Crippen molar-refractivity contribution in [2.45, 2.75) is 13.8 Å². The number of nitrogens with one attached hydrogen (secondary N) is 2. The quantitative estimate of drug-likeness (QED) is 0.508. The van der Waals surface area contributed by atoms with Crippen molar-refractivity contribution in [3.8, 4) is 11.4 Å². The predicted molar refractivity (Wildman–Crippen MR) is 97.7 cm³/mol. The molecule has 134 valence electrons. The number of nitrogens with zero attached hydrogens (tertiary/aromatic N) is 3. The van der Waals surface area contributed by atoms with Crippen LogP contribution in [0.25, 0.3) is 5.69 Å². The van der Waals surface area contributed by atoms with Crippen LogP contribution in [0.5, 0.6) is 5.75 Å². The Hall–Kier alpha value is -3.20. The van der Waals surface area contributed by atoms with Crippen LogP contribution >= 0.6 is 12.2 Å². The number of aryl methyl sites for hydroxylation is 2. The van der Waals surface area contributed by atoms with E-state index in [2.05, 4.69) is 21.0 Å². The zero-order valence-corrected chi connectivity index (χ0v) is 15.0. The highest BCUT2D eigenvalue weighted by molar-refractivity contribution is 7.71. The van der Waals surface area contributed by atoms with Gasteiger partial charge in [-0.25, -0.2) is 15.0 Å². The molecule has 0 spiro atoms. The summed E-state index contributed by atoms with van der Waals surface area (Å²) in [7, 11) is 0. The van der Waals surface area contributed by atoms with Gasteiger partial charge in [-0.2, -0.15) is 5.21 Å². The number of carbonyl (C=O) groups is 1. The van der Waals surface area contributed by atoms with Gasteiger partial charge in [-0.15, -0.1) is 0 Å². The third-order valence-corrected chi connectivity index (χ3v) is 3.80. The zero-order chi connectivity index (χ0) is 18.5. The Morgan fingerprint density at radius 2 is 2.12 bits per heavy atom. The van der Waals surface area contributed by atoms with E-state index in [1.165, 1.54) is 4.68 Å². The summed E-state index contributed by atoms with van der Waals surface area (Å²) in [5.74, 6) is 0.103. The Labute approximate surface area is 154 Å². The van der Waals surface area contributed by atoms with E-state index in [0.717, 1.165) is 11.1 Å². The zero-order valence-electron chi connectivity index (χ0n) is 14.2. The van der Waals surface area contributed by atoms with Gasteiger partial charge in [0, 0.05) is 0 Å². The molecule has 9 heteroatoms. The van der Waals surface area contributed by atoms with Gasteiger partial charge in [0.2, 0.25) is 4.77 Å². The molecule has 0 aliphatic carbocycles. The van der Waals surface area contributed by atoms with Crippen LogP contribution in [0.3, 0.4) is 0 Å². The van der Waals surface area contributed by atoms with Gasteiger partial charge in [-0.3, -0.25) is 0 Å². The van der Waals surface area contributed by atoms with Gasteiger partial charge in [0.1, 0.15) is 5.75 Å². The second kappa shape index (κ2) is 7.79. The Morgan fingerprint density at radius 3 is 2.85 bits per heavy atom. The van der Waals surface area contributed by atoms with E-state index in [1.807, 2.05) is 38.1 Å². The molecule has 2 aromatic carbocycles. The standard InChI is InChI=1S/C17H17N5O3S/c1-11-6-7-15(12(2)8-11)24-10-16(23)25-19-13-4-3-5-14(9-13)22-17(26)18-20-21-22/h3-9,19H,10H2,1-2H3,(H,18,21,26). The van der Waals surface area contributed by atoms with Crippen LogP contribution in [0.2, 0.25) is 0 Å². The summed E-state index contributed by atoms with van der Waals surface area (Å²) < 4.78 is 7.30. The monoisotopic (exact) mass is 371 g/mol. The molecule has 0 saturated heterocycles. The van der Waals surface area contributed by atoms with Crippen molar-refractivity contribution in [2.24, 2.45) is 0 Å². The normalized spacial score (nSPS) is 10.4. The van der Waals surface area contributed by atoms with Crippen molar-refractivity contribution in [3.05, 3.63) is 58.4 Å². The lowest BCUT2D eigenvalue weighted by molar-refractivity contribution is -0.143. The fourth-order valence-corrected chi connectivity index (χ4v) is 2.50. The lowest BCUT2D eigenvalue weighted by atomic mass is 10.1. The molecule has 0 fully saturated rings. The molecule has 1 heterocycles. The van der Waals surface area contributed by atoms with Crippen molar-refractivity contribution in [3.63, 3.8) is 0 Å². The van der Waals surface area contributed by atoms with E-state index in [4.69, 9.17) is 21.8 Å². The second-order valence-electron chi connectivity index (χ2n) is 5.60. The number of carbonyl (C=O) groups excluding carboxylic acids is 1. The molecule has 26 heavy (non-hydrogen) atoms. The van der Waals surface area contributed by atoms with Gasteiger partial charge in [0.05, 0.1) is 11.4 Å². The van der Waals surface area contributed by atoms with Gasteiger partial charge >= 0.3 is 5.97 Å². The summed E-state index contributed by atoms with van der Waals surface area (Å²) in [6.07, 6.45) is 0. The lowest BCUT2D eigenvalue weighted by Gasteiger charge is -2.11. The Bertz CT molecular complexity index is 982. The first-order valence-electron chi connectivity index (χ1n) is 7.79. The van der Waals surface area contributed by atoms with Crippen LogP contribution in [-0.4, -0.2) is 32.8 Å². The number of benzene rings is 2. The number of ether oxygens (including phenoxy) is 1. The van der Waals surface area contributed by atoms with Crippen LogP contribution in [0, 0.1) is 18.6 Å². The number of hydrogen-bond donors (Lipinski definition) is 2. The van der Waals surface area contributed by atoms with E-state index in [-0.39, 0.29) is 6.61 Å². The molecule has 0 bridgehead atoms. The smallest absolute Gasteiger partial charge is 0.369 e. The van der Waals surface area contributed by atoms with Crippen molar-refractivity contribution in [1.82, 2.24) is 20.2 Å². The SMILES string of the molecule is Cc1ccc(OCC(=O)ONc2cccc(-n3[nH]nnc3=S)c2)c(C)c1. The number of tetrazole rings is 1. The summed E-state index contributed by atoms with van der Waals surface area (Å²) in [5, 5.41) is 10.00. The molecule has 3 rings (SSSR count). The number of hydrogen-bond acceptors (Lipinski definition) is 7. The Balaban J connectivity index is 1.56. The van der Waals surface area contributed by atoms with Crippen molar-refractivity contribution in [2.75, 3.05) is 12.1 Å². The highest BCUT2D eigenvalue weighted by Gasteiger charge is 2.08. The molecule has 0 atom stereocenters. The maximum atomic E-state index is 11.9. The topological polar surface area (TPSA) is 94.1 Å². The number of aromatic amines is 1.